The van der Waals surface area contributed by atoms with Crippen LogP contribution in [0.3, 0.4) is 0 Å². The minimum atomic E-state index is -0.470. The van der Waals surface area contributed by atoms with Gasteiger partial charge in [0.05, 0.1) is 0 Å². The van der Waals surface area contributed by atoms with Crippen LogP contribution in [-0.4, -0.2) is 25.1 Å². The highest BCUT2D eigenvalue weighted by atomic mass is 16.5. The Morgan fingerprint density at radius 1 is 1.38 bits per heavy atom. The molecule has 0 spiro atoms. The van der Waals surface area contributed by atoms with Gasteiger partial charge in [-0.05, 0) is 39.3 Å². The molecule has 1 aliphatic carbocycles. The summed E-state index contributed by atoms with van der Waals surface area (Å²) in [6.45, 7) is 4.56. The third kappa shape index (κ3) is 4.21. The summed E-state index contributed by atoms with van der Waals surface area (Å²) in [6, 6.07) is 6.38. The van der Waals surface area contributed by atoms with Crippen LogP contribution in [0, 0.1) is 6.92 Å². The van der Waals surface area contributed by atoms with Crippen molar-refractivity contribution < 1.29 is 9.53 Å². The van der Waals surface area contributed by atoms with E-state index in [9.17, 15) is 4.79 Å². The molecule has 0 radical (unpaired) electrons. The average Bonchev–Trinajstić information content (AvgIpc) is 2.95. The van der Waals surface area contributed by atoms with Crippen LogP contribution in [0.5, 0.6) is 5.75 Å². The van der Waals surface area contributed by atoms with Gasteiger partial charge in [0.15, 0.2) is 6.10 Å². The number of benzene rings is 1. The summed E-state index contributed by atoms with van der Waals surface area (Å²) in [5.41, 5.74) is 2.14. The fourth-order valence-corrected chi connectivity index (χ4v) is 2.83. The molecule has 1 aromatic rings. The number of hydrogen-bond donors (Lipinski definition) is 2. The highest BCUT2D eigenvalue weighted by Gasteiger charge is 2.22. The molecule has 1 fully saturated rings. The van der Waals surface area contributed by atoms with Crippen LogP contribution in [0.15, 0.2) is 18.2 Å². The van der Waals surface area contributed by atoms with E-state index in [2.05, 4.69) is 10.6 Å². The first-order chi connectivity index (χ1) is 10.1. The normalized spacial score (nSPS) is 16.7. The van der Waals surface area contributed by atoms with Crippen molar-refractivity contribution in [3.05, 3.63) is 29.3 Å². The number of ether oxygens (including phenoxy) is 1. The maximum atomic E-state index is 12.2. The lowest BCUT2D eigenvalue weighted by Gasteiger charge is -2.21. The first kappa shape index (κ1) is 15.8. The van der Waals surface area contributed by atoms with Gasteiger partial charge in [-0.15, -0.1) is 0 Å². The third-order valence-corrected chi connectivity index (χ3v) is 4.03. The van der Waals surface area contributed by atoms with Crippen molar-refractivity contribution in [2.75, 3.05) is 7.05 Å². The van der Waals surface area contributed by atoms with Gasteiger partial charge in [0.25, 0.3) is 5.91 Å². The van der Waals surface area contributed by atoms with Crippen LogP contribution < -0.4 is 15.4 Å². The molecule has 2 rings (SSSR count). The van der Waals surface area contributed by atoms with E-state index in [4.69, 9.17) is 4.74 Å². The second kappa shape index (κ2) is 7.46. The van der Waals surface area contributed by atoms with E-state index in [-0.39, 0.29) is 5.91 Å². The molecular weight excluding hydrogens is 264 g/mol. The third-order valence-electron chi connectivity index (χ3n) is 4.03. The first-order valence-electron chi connectivity index (χ1n) is 7.82. The van der Waals surface area contributed by atoms with Crippen LogP contribution >= 0.6 is 0 Å². The number of para-hydroxylation sites is 1. The molecule has 4 nitrogen and oxygen atoms in total. The van der Waals surface area contributed by atoms with Gasteiger partial charge in [0, 0.05) is 18.2 Å². The number of carbonyl (C=O) groups excluding carboxylic acids is 1. The minimum Gasteiger partial charge on any atom is -0.480 e. The molecule has 116 valence electrons. The summed E-state index contributed by atoms with van der Waals surface area (Å²) >= 11 is 0. The smallest absolute Gasteiger partial charge is 0.260 e. The van der Waals surface area contributed by atoms with Crippen molar-refractivity contribution in [1.82, 2.24) is 10.6 Å². The maximum Gasteiger partial charge on any atom is 0.260 e. The number of carbonyl (C=O) groups is 1. The zero-order valence-corrected chi connectivity index (χ0v) is 13.2. The molecule has 1 aliphatic rings. The van der Waals surface area contributed by atoms with Crippen LogP contribution in [0.25, 0.3) is 0 Å². The summed E-state index contributed by atoms with van der Waals surface area (Å²) in [7, 11) is 1.91. The Kier molecular flexibility index (Phi) is 5.62. The topological polar surface area (TPSA) is 50.4 Å². The average molecular weight is 290 g/mol. The second-order valence-corrected chi connectivity index (χ2v) is 5.84. The van der Waals surface area contributed by atoms with Crippen LogP contribution in [0.1, 0.15) is 43.7 Å². The fraction of sp³-hybridized carbons (Fsp3) is 0.588. The monoisotopic (exact) mass is 290 g/mol. The molecule has 0 heterocycles. The largest absolute Gasteiger partial charge is 0.480 e. The highest BCUT2D eigenvalue weighted by molar-refractivity contribution is 5.81. The summed E-state index contributed by atoms with van der Waals surface area (Å²) in [4.78, 5) is 12.2. The van der Waals surface area contributed by atoms with Gasteiger partial charge < -0.3 is 15.4 Å². The fourth-order valence-electron chi connectivity index (χ4n) is 2.83. The van der Waals surface area contributed by atoms with Crippen LogP contribution in [-0.2, 0) is 11.3 Å². The van der Waals surface area contributed by atoms with Gasteiger partial charge in [0.1, 0.15) is 5.75 Å². The Morgan fingerprint density at radius 3 is 2.76 bits per heavy atom. The van der Waals surface area contributed by atoms with E-state index in [0.29, 0.717) is 6.04 Å². The van der Waals surface area contributed by atoms with E-state index in [1.165, 1.54) is 12.8 Å². The highest BCUT2D eigenvalue weighted by Crippen LogP contribution is 2.25. The molecule has 1 aromatic carbocycles. The van der Waals surface area contributed by atoms with Crippen molar-refractivity contribution in [3.63, 3.8) is 0 Å². The number of hydrogen-bond acceptors (Lipinski definition) is 3. The van der Waals surface area contributed by atoms with Crippen molar-refractivity contribution >= 4 is 5.91 Å². The van der Waals surface area contributed by atoms with E-state index in [1.807, 2.05) is 39.1 Å². The van der Waals surface area contributed by atoms with Gasteiger partial charge in [-0.1, -0.05) is 31.0 Å². The standard InChI is InChI=1S/C17H26N2O2/c1-12-7-6-8-14(11-18-3)16(12)21-13(2)17(20)19-15-9-4-5-10-15/h6-8,13,15,18H,4-5,9-11H2,1-3H3,(H,19,20). The van der Waals surface area contributed by atoms with E-state index >= 15 is 0 Å². The molecule has 1 atom stereocenters. The Labute approximate surface area is 127 Å². The predicted octanol–water partition coefficient (Wildman–Crippen LogP) is 2.54. The lowest BCUT2D eigenvalue weighted by atomic mass is 10.1. The van der Waals surface area contributed by atoms with E-state index in [1.54, 1.807) is 0 Å². The maximum absolute atomic E-state index is 12.2. The Balaban J connectivity index is 2.01. The zero-order valence-electron chi connectivity index (χ0n) is 13.2. The number of amides is 1. The van der Waals surface area contributed by atoms with E-state index in [0.717, 1.165) is 36.3 Å². The number of aryl methyl sites for hydroxylation is 1. The molecule has 2 N–H and O–H groups in total. The number of rotatable bonds is 6. The molecule has 4 heteroatoms. The second-order valence-electron chi connectivity index (χ2n) is 5.84. The quantitative estimate of drug-likeness (QED) is 0.846. The van der Waals surface area contributed by atoms with Gasteiger partial charge >= 0.3 is 0 Å². The SMILES string of the molecule is CNCc1cccc(C)c1OC(C)C(=O)NC1CCCC1. The van der Waals surface area contributed by atoms with Gasteiger partial charge in [-0.2, -0.15) is 0 Å². The van der Waals surface area contributed by atoms with Crippen LogP contribution in [0.4, 0.5) is 0 Å². The van der Waals surface area contributed by atoms with Crippen molar-refractivity contribution in [3.8, 4) is 5.75 Å². The van der Waals surface area contributed by atoms with Crippen molar-refractivity contribution in [2.24, 2.45) is 0 Å². The Hall–Kier alpha value is -1.55. The summed E-state index contributed by atoms with van der Waals surface area (Å²) < 4.78 is 5.95. The van der Waals surface area contributed by atoms with Crippen LogP contribution in [0.2, 0.25) is 0 Å². The van der Waals surface area contributed by atoms with Gasteiger partial charge in [-0.3, -0.25) is 4.79 Å². The summed E-state index contributed by atoms with van der Waals surface area (Å²) in [5.74, 6) is 0.807. The lowest BCUT2D eigenvalue weighted by molar-refractivity contribution is -0.128. The Morgan fingerprint density at radius 2 is 2.10 bits per heavy atom. The van der Waals surface area contributed by atoms with Gasteiger partial charge in [0.2, 0.25) is 0 Å². The predicted molar refractivity (Wildman–Crippen MR) is 84.4 cm³/mol. The molecule has 1 unspecified atom stereocenters. The molecule has 1 saturated carbocycles. The summed E-state index contributed by atoms with van der Waals surface area (Å²) in [6.07, 6.45) is 4.14. The van der Waals surface area contributed by atoms with Gasteiger partial charge in [-0.25, -0.2) is 0 Å². The number of nitrogens with one attached hydrogen (secondary N) is 2. The molecule has 0 bridgehead atoms. The van der Waals surface area contributed by atoms with Crippen molar-refractivity contribution in [2.45, 2.75) is 58.2 Å². The summed E-state index contributed by atoms with van der Waals surface area (Å²) in [5, 5.41) is 6.22. The van der Waals surface area contributed by atoms with E-state index < -0.39 is 6.10 Å². The molecule has 0 saturated heterocycles. The molecule has 21 heavy (non-hydrogen) atoms. The molecular formula is C17H26N2O2. The Bertz CT molecular complexity index is 482. The lowest BCUT2D eigenvalue weighted by Crippen LogP contribution is -2.41. The molecule has 0 aromatic heterocycles. The molecule has 0 aliphatic heterocycles. The zero-order chi connectivity index (χ0) is 15.2. The minimum absolute atomic E-state index is 0.0134. The molecule has 1 amide bonds. The van der Waals surface area contributed by atoms with Crippen molar-refractivity contribution in [1.29, 1.82) is 0 Å². The first-order valence-corrected chi connectivity index (χ1v) is 7.82.